The molecular formula is C16H15N3O2. The summed E-state index contributed by atoms with van der Waals surface area (Å²) in [4.78, 5) is 15.8. The topological polar surface area (TPSA) is 74.0 Å². The van der Waals surface area contributed by atoms with Crippen molar-refractivity contribution in [2.75, 3.05) is 0 Å². The van der Waals surface area contributed by atoms with E-state index in [4.69, 9.17) is 10.2 Å². The van der Waals surface area contributed by atoms with Crippen LogP contribution in [0.4, 0.5) is 0 Å². The molecule has 21 heavy (non-hydrogen) atoms. The van der Waals surface area contributed by atoms with Crippen molar-refractivity contribution < 1.29 is 9.21 Å². The summed E-state index contributed by atoms with van der Waals surface area (Å²) < 4.78 is 7.51. The molecule has 4 rings (SSSR count). The Balaban J connectivity index is 1.92. The number of hydrogen-bond donors (Lipinski definition) is 1. The molecule has 1 aliphatic rings. The van der Waals surface area contributed by atoms with Crippen LogP contribution in [0.3, 0.4) is 0 Å². The number of aryl methyl sites for hydroxylation is 1. The SMILES string of the molecule is Cc1ccc2oc(C(N)=O)cc2c1-n1cnc(C2CC2)c1. The van der Waals surface area contributed by atoms with Gasteiger partial charge in [0.15, 0.2) is 5.76 Å². The molecule has 2 N–H and O–H groups in total. The van der Waals surface area contributed by atoms with E-state index in [0.29, 0.717) is 11.5 Å². The van der Waals surface area contributed by atoms with Gasteiger partial charge in [-0.2, -0.15) is 0 Å². The van der Waals surface area contributed by atoms with Crippen molar-refractivity contribution in [1.82, 2.24) is 9.55 Å². The largest absolute Gasteiger partial charge is 0.451 e. The second-order valence-corrected chi connectivity index (χ2v) is 5.60. The van der Waals surface area contributed by atoms with Crippen LogP contribution in [0.25, 0.3) is 16.7 Å². The average molecular weight is 281 g/mol. The van der Waals surface area contributed by atoms with Gasteiger partial charge in [-0.1, -0.05) is 6.07 Å². The third-order valence-electron chi connectivity index (χ3n) is 3.97. The first kappa shape index (κ1) is 12.2. The molecule has 2 heterocycles. The van der Waals surface area contributed by atoms with Gasteiger partial charge in [0.25, 0.3) is 5.91 Å². The Morgan fingerprint density at radius 1 is 1.43 bits per heavy atom. The summed E-state index contributed by atoms with van der Waals surface area (Å²) in [5.74, 6) is 0.231. The van der Waals surface area contributed by atoms with Crippen molar-refractivity contribution in [3.63, 3.8) is 0 Å². The zero-order chi connectivity index (χ0) is 14.6. The monoisotopic (exact) mass is 281 g/mol. The third-order valence-corrected chi connectivity index (χ3v) is 3.97. The van der Waals surface area contributed by atoms with E-state index in [-0.39, 0.29) is 5.76 Å². The molecule has 0 aliphatic heterocycles. The molecule has 0 spiro atoms. The van der Waals surface area contributed by atoms with Crippen molar-refractivity contribution >= 4 is 16.9 Å². The van der Waals surface area contributed by atoms with Crippen LogP contribution in [0.15, 0.2) is 35.1 Å². The lowest BCUT2D eigenvalue weighted by atomic mass is 10.1. The van der Waals surface area contributed by atoms with Crippen molar-refractivity contribution in [2.24, 2.45) is 5.73 Å². The predicted molar refractivity (Wildman–Crippen MR) is 78.6 cm³/mol. The van der Waals surface area contributed by atoms with Crippen LogP contribution in [0.5, 0.6) is 0 Å². The Labute approximate surface area is 121 Å². The molecule has 0 atom stereocenters. The fourth-order valence-corrected chi connectivity index (χ4v) is 2.72. The molecule has 1 amide bonds. The molecular weight excluding hydrogens is 266 g/mol. The highest BCUT2D eigenvalue weighted by atomic mass is 16.3. The number of nitrogens with zero attached hydrogens (tertiary/aromatic N) is 2. The van der Waals surface area contributed by atoms with E-state index in [1.54, 1.807) is 6.07 Å². The molecule has 1 saturated carbocycles. The molecule has 5 heteroatoms. The lowest BCUT2D eigenvalue weighted by Crippen LogP contribution is -2.09. The fraction of sp³-hybridized carbons (Fsp3) is 0.250. The standard InChI is InChI=1S/C16H15N3O2/c1-9-2-5-13-11(6-14(21-13)16(17)20)15(9)19-7-12(18-8-19)10-3-4-10/h2,5-8,10H,3-4H2,1H3,(H2,17,20). The number of aromatic nitrogens is 2. The van der Waals surface area contributed by atoms with Crippen LogP contribution in [0, 0.1) is 6.92 Å². The van der Waals surface area contributed by atoms with Gasteiger partial charge in [0, 0.05) is 17.5 Å². The van der Waals surface area contributed by atoms with Crippen molar-refractivity contribution in [3.05, 3.63) is 47.7 Å². The molecule has 1 aromatic carbocycles. The van der Waals surface area contributed by atoms with Crippen LogP contribution in [0.2, 0.25) is 0 Å². The van der Waals surface area contributed by atoms with Gasteiger partial charge >= 0.3 is 0 Å². The molecule has 0 bridgehead atoms. The second-order valence-electron chi connectivity index (χ2n) is 5.60. The Morgan fingerprint density at radius 2 is 2.24 bits per heavy atom. The summed E-state index contributed by atoms with van der Waals surface area (Å²) in [6, 6.07) is 5.54. The number of primary amides is 1. The lowest BCUT2D eigenvalue weighted by molar-refractivity contribution is 0.0976. The zero-order valence-electron chi connectivity index (χ0n) is 11.7. The maximum atomic E-state index is 11.3. The number of hydrogen-bond acceptors (Lipinski definition) is 3. The quantitative estimate of drug-likeness (QED) is 0.802. The predicted octanol–water partition coefficient (Wildman–Crippen LogP) is 2.90. The maximum absolute atomic E-state index is 11.3. The minimum atomic E-state index is -0.556. The van der Waals surface area contributed by atoms with Crippen molar-refractivity contribution in [1.29, 1.82) is 0 Å². The molecule has 5 nitrogen and oxygen atoms in total. The van der Waals surface area contributed by atoms with E-state index in [1.165, 1.54) is 12.8 Å². The number of fused-ring (bicyclic) bond motifs is 1. The fourth-order valence-electron chi connectivity index (χ4n) is 2.72. The van der Waals surface area contributed by atoms with E-state index in [1.807, 2.05) is 30.0 Å². The van der Waals surface area contributed by atoms with Crippen LogP contribution in [0.1, 0.15) is 40.6 Å². The highest BCUT2D eigenvalue weighted by molar-refractivity contribution is 5.98. The number of amides is 1. The van der Waals surface area contributed by atoms with Crippen molar-refractivity contribution in [2.45, 2.75) is 25.7 Å². The van der Waals surface area contributed by atoms with E-state index in [9.17, 15) is 4.79 Å². The third kappa shape index (κ3) is 1.93. The van der Waals surface area contributed by atoms with Crippen LogP contribution in [-0.4, -0.2) is 15.5 Å². The molecule has 0 saturated heterocycles. The van der Waals surface area contributed by atoms with E-state index >= 15 is 0 Å². The van der Waals surface area contributed by atoms with Crippen LogP contribution >= 0.6 is 0 Å². The zero-order valence-corrected chi connectivity index (χ0v) is 11.7. The molecule has 3 aromatic rings. The Hall–Kier alpha value is -2.56. The normalized spacial score (nSPS) is 14.7. The van der Waals surface area contributed by atoms with Gasteiger partial charge in [0.2, 0.25) is 0 Å². The Bertz CT molecular complexity index is 856. The molecule has 1 aliphatic carbocycles. The molecule has 106 valence electrons. The van der Waals surface area contributed by atoms with E-state index in [0.717, 1.165) is 22.3 Å². The number of benzene rings is 1. The van der Waals surface area contributed by atoms with E-state index in [2.05, 4.69) is 11.2 Å². The lowest BCUT2D eigenvalue weighted by Gasteiger charge is -2.07. The first-order chi connectivity index (χ1) is 10.1. The highest BCUT2D eigenvalue weighted by Gasteiger charge is 2.26. The summed E-state index contributed by atoms with van der Waals surface area (Å²) in [5.41, 5.74) is 9.18. The number of furan rings is 1. The number of rotatable bonds is 3. The number of carbonyl (C=O) groups is 1. The first-order valence-corrected chi connectivity index (χ1v) is 7.00. The molecule has 2 aromatic heterocycles. The van der Waals surface area contributed by atoms with Gasteiger partial charge in [-0.05, 0) is 37.5 Å². The Morgan fingerprint density at radius 3 is 2.95 bits per heavy atom. The number of nitrogens with two attached hydrogens (primary N) is 1. The van der Waals surface area contributed by atoms with E-state index < -0.39 is 5.91 Å². The number of carbonyl (C=O) groups excluding carboxylic acids is 1. The summed E-state index contributed by atoms with van der Waals surface area (Å²) in [7, 11) is 0. The van der Waals surface area contributed by atoms with Gasteiger partial charge in [-0.25, -0.2) is 4.98 Å². The first-order valence-electron chi connectivity index (χ1n) is 7.00. The van der Waals surface area contributed by atoms with Crippen LogP contribution in [-0.2, 0) is 0 Å². The minimum absolute atomic E-state index is 0.180. The summed E-state index contributed by atoms with van der Waals surface area (Å²) in [6.45, 7) is 2.03. The summed E-state index contributed by atoms with van der Waals surface area (Å²) >= 11 is 0. The molecule has 1 fully saturated rings. The minimum Gasteiger partial charge on any atom is -0.451 e. The maximum Gasteiger partial charge on any atom is 0.284 e. The second kappa shape index (κ2) is 4.22. The van der Waals surface area contributed by atoms with Gasteiger partial charge in [0.1, 0.15) is 5.58 Å². The van der Waals surface area contributed by atoms with Gasteiger partial charge in [-0.3, -0.25) is 4.79 Å². The molecule has 0 unspecified atom stereocenters. The number of imidazole rings is 1. The van der Waals surface area contributed by atoms with Crippen molar-refractivity contribution in [3.8, 4) is 5.69 Å². The summed E-state index contributed by atoms with van der Waals surface area (Å²) in [5, 5.41) is 0.878. The van der Waals surface area contributed by atoms with Crippen LogP contribution < -0.4 is 5.73 Å². The smallest absolute Gasteiger partial charge is 0.284 e. The van der Waals surface area contributed by atoms with Gasteiger partial charge in [-0.15, -0.1) is 0 Å². The highest BCUT2D eigenvalue weighted by Crippen LogP contribution is 2.39. The summed E-state index contributed by atoms with van der Waals surface area (Å²) in [6.07, 6.45) is 6.33. The van der Waals surface area contributed by atoms with Gasteiger partial charge < -0.3 is 14.7 Å². The van der Waals surface area contributed by atoms with Gasteiger partial charge in [0.05, 0.1) is 17.7 Å². The average Bonchev–Trinajstić information content (AvgIpc) is 3.03. The Kier molecular flexibility index (Phi) is 2.45. The molecule has 0 radical (unpaired) electrons.